The van der Waals surface area contributed by atoms with Crippen LogP contribution < -0.4 is 16.7 Å². The van der Waals surface area contributed by atoms with Gasteiger partial charge in [0.2, 0.25) is 5.78 Å². The van der Waals surface area contributed by atoms with E-state index in [1.807, 2.05) is 0 Å². The third kappa shape index (κ3) is 3.31. The Hall–Kier alpha value is -4.89. The first-order valence-corrected chi connectivity index (χ1v) is 13.3. The molecule has 0 fully saturated rings. The van der Waals surface area contributed by atoms with Gasteiger partial charge in [0.15, 0.2) is 28.2 Å². The van der Waals surface area contributed by atoms with E-state index in [0.717, 1.165) is 13.2 Å². The molecule has 0 saturated heterocycles. The number of methoxy groups -OCH3 is 1. The third-order valence-corrected chi connectivity index (χ3v) is 8.74. The highest BCUT2D eigenvalue weighted by atomic mass is 79.9. The smallest absolute Gasteiger partial charge is 0.260 e. The number of rotatable bonds is 3. The Balaban J connectivity index is 1.59. The van der Waals surface area contributed by atoms with Crippen molar-refractivity contribution in [2.24, 2.45) is 10.8 Å². The van der Waals surface area contributed by atoms with Crippen LogP contribution in [0.1, 0.15) is 64.7 Å². The number of phenols is 3. The minimum absolute atomic E-state index is 0.0680. The normalized spacial score (nSPS) is 19.0. The quantitative estimate of drug-likeness (QED) is 0.0783. The number of hydrazone groups is 1. The Morgan fingerprint density at radius 2 is 1.74 bits per heavy atom. The molecule has 42 heavy (non-hydrogen) atoms. The SMILES string of the molecule is COC1=CC(=O)c2c(O)c3c(c(O)c2C1=O)C(=O)[C@]1(CCc2c1c(O)c1c(=O)[nH]c(C=NNC(N)=S)cc1c2Br)C3=O. The van der Waals surface area contributed by atoms with Gasteiger partial charge in [-0.05, 0) is 52.6 Å². The number of fused-ring (bicyclic) bond motifs is 5. The molecule has 1 heterocycles. The Morgan fingerprint density at radius 1 is 1.10 bits per heavy atom. The summed E-state index contributed by atoms with van der Waals surface area (Å²) in [5.74, 6) is -6.89. The number of benzene rings is 2. The molecule has 0 unspecified atom stereocenters. The van der Waals surface area contributed by atoms with Crippen LogP contribution in [0.5, 0.6) is 17.2 Å². The van der Waals surface area contributed by atoms with Crippen molar-refractivity contribution in [2.45, 2.75) is 18.3 Å². The largest absolute Gasteiger partial charge is 0.507 e. The van der Waals surface area contributed by atoms with E-state index in [2.05, 4.69) is 43.7 Å². The fourth-order valence-electron chi connectivity index (χ4n) is 6.04. The summed E-state index contributed by atoms with van der Waals surface area (Å²) < 4.78 is 5.22. The Bertz CT molecular complexity index is 2030. The minimum Gasteiger partial charge on any atom is -0.507 e. The number of carbonyl (C=O) groups is 4. The second kappa shape index (κ2) is 9.06. The maximum Gasteiger partial charge on any atom is 0.260 e. The van der Waals surface area contributed by atoms with E-state index in [9.17, 15) is 39.3 Å². The third-order valence-electron chi connectivity index (χ3n) is 7.74. The molecule has 1 spiro atoms. The van der Waals surface area contributed by atoms with Gasteiger partial charge in [0.05, 0.1) is 46.7 Å². The fraction of sp³-hybridized carbons (Fsp3) is 0.148. The number of aromatic amines is 1. The van der Waals surface area contributed by atoms with Gasteiger partial charge in [-0.3, -0.25) is 29.4 Å². The molecule has 0 bridgehead atoms. The number of hydrogen-bond acceptors (Lipinski definition) is 11. The number of Topliss-reactive ketones (excluding diaryl/α,β-unsaturated/α-hetero) is 3. The Morgan fingerprint density at radius 3 is 2.36 bits per heavy atom. The molecule has 0 aliphatic heterocycles. The molecule has 1 aromatic heterocycles. The lowest BCUT2D eigenvalue weighted by Crippen LogP contribution is -2.36. The summed E-state index contributed by atoms with van der Waals surface area (Å²) >= 11 is 8.13. The Labute approximate surface area is 247 Å². The van der Waals surface area contributed by atoms with E-state index in [0.29, 0.717) is 10.0 Å². The molecule has 1 atom stereocenters. The van der Waals surface area contributed by atoms with Gasteiger partial charge >= 0.3 is 0 Å². The molecule has 13 nitrogen and oxygen atoms in total. The lowest BCUT2D eigenvalue weighted by Gasteiger charge is -2.23. The standard InChI is InChI=1S/C27H17BrN4O9S/c1-41-11-5-10(33)13-14(19(11)34)21(36)16-15(20(13)35)23(38)27(24(16)39)3-2-8-17(27)22(37)12-9(18(8)28)4-7(31-25(12)40)6-30-32-26(29)42/h4-6,35-37H,2-3H2,1H3,(H,31,40)(H3,29,32,42)/t27-/m0/s1. The van der Waals surface area contributed by atoms with Crippen molar-refractivity contribution in [3.63, 3.8) is 0 Å². The summed E-state index contributed by atoms with van der Waals surface area (Å²) in [6, 6.07) is 1.49. The van der Waals surface area contributed by atoms with Crippen LogP contribution in [0.4, 0.5) is 0 Å². The number of ether oxygens (including phenoxy) is 1. The van der Waals surface area contributed by atoms with E-state index in [1.165, 1.54) is 12.3 Å². The minimum atomic E-state index is -2.16. The van der Waals surface area contributed by atoms with Gasteiger partial charge in [-0.15, -0.1) is 0 Å². The average Bonchev–Trinajstić information content (AvgIpc) is 3.44. The van der Waals surface area contributed by atoms with Crippen molar-refractivity contribution >= 4 is 73.4 Å². The highest BCUT2D eigenvalue weighted by molar-refractivity contribution is 9.10. The summed E-state index contributed by atoms with van der Waals surface area (Å²) in [4.78, 5) is 69.6. The summed E-state index contributed by atoms with van der Waals surface area (Å²) in [5.41, 5.74) is 2.48. The molecular weight excluding hydrogens is 636 g/mol. The van der Waals surface area contributed by atoms with Crippen LogP contribution in [0, 0.1) is 0 Å². The molecule has 212 valence electrons. The fourth-order valence-corrected chi connectivity index (χ4v) is 6.80. The first-order valence-electron chi connectivity index (χ1n) is 12.1. The molecule has 0 amide bonds. The number of phenolic OH excluding ortho intramolecular Hbond substituents is 3. The molecular formula is C27H17BrN4O9S. The predicted octanol–water partition coefficient (Wildman–Crippen LogP) is 1.75. The lowest BCUT2D eigenvalue weighted by atomic mass is 9.76. The number of carbonyl (C=O) groups excluding carboxylic acids is 4. The number of aromatic nitrogens is 1. The summed E-state index contributed by atoms with van der Waals surface area (Å²) in [7, 11) is 1.13. The van der Waals surface area contributed by atoms with E-state index >= 15 is 0 Å². The van der Waals surface area contributed by atoms with E-state index in [-0.39, 0.29) is 40.0 Å². The lowest BCUT2D eigenvalue weighted by molar-refractivity contribution is 0.0790. The number of aromatic hydroxyl groups is 3. The van der Waals surface area contributed by atoms with Crippen molar-refractivity contribution in [3.8, 4) is 17.2 Å². The van der Waals surface area contributed by atoms with Crippen molar-refractivity contribution in [2.75, 3.05) is 7.11 Å². The van der Waals surface area contributed by atoms with Crippen LogP contribution in [-0.4, -0.2) is 61.9 Å². The van der Waals surface area contributed by atoms with Gasteiger partial charge in [-0.2, -0.15) is 5.10 Å². The maximum atomic E-state index is 14.1. The van der Waals surface area contributed by atoms with Crippen molar-refractivity contribution in [1.82, 2.24) is 10.4 Å². The zero-order chi connectivity index (χ0) is 30.4. The number of allylic oxidation sites excluding steroid dienone is 2. The molecule has 3 aliphatic rings. The van der Waals surface area contributed by atoms with Crippen LogP contribution in [0.25, 0.3) is 10.8 Å². The van der Waals surface area contributed by atoms with Gasteiger partial charge in [-0.1, -0.05) is 0 Å². The topological polar surface area (TPSA) is 221 Å². The number of ketones is 4. The molecule has 0 radical (unpaired) electrons. The maximum absolute atomic E-state index is 14.1. The number of thiocarbonyl (C=S) groups is 1. The number of nitrogens with zero attached hydrogens (tertiary/aromatic N) is 1. The number of pyridine rings is 1. The number of H-pyrrole nitrogens is 1. The summed E-state index contributed by atoms with van der Waals surface area (Å²) in [5, 5.41) is 37.4. The van der Waals surface area contributed by atoms with Crippen LogP contribution in [0.15, 0.2) is 32.3 Å². The highest BCUT2D eigenvalue weighted by Gasteiger charge is 2.62. The molecule has 3 aliphatic carbocycles. The summed E-state index contributed by atoms with van der Waals surface area (Å²) in [6.45, 7) is 0. The van der Waals surface area contributed by atoms with Crippen LogP contribution in [0.3, 0.4) is 0 Å². The van der Waals surface area contributed by atoms with Crippen LogP contribution in [-0.2, 0) is 16.6 Å². The summed E-state index contributed by atoms with van der Waals surface area (Å²) in [6.07, 6.45) is 1.91. The molecule has 15 heteroatoms. The van der Waals surface area contributed by atoms with Crippen LogP contribution >= 0.6 is 28.1 Å². The van der Waals surface area contributed by atoms with Gasteiger partial charge < -0.3 is 30.8 Å². The predicted molar refractivity (Wildman–Crippen MR) is 154 cm³/mol. The second-order valence-corrected chi connectivity index (χ2v) is 11.0. The first kappa shape index (κ1) is 27.3. The van der Waals surface area contributed by atoms with Crippen molar-refractivity contribution < 1.29 is 39.2 Å². The average molecular weight is 653 g/mol. The second-order valence-electron chi connectivity index (χ2n) is 9.76. The van der Waals surface area contributed by atoms with Crippen LogP contribution in [0.2, 0.25) is 0 Å². The molecule has 6 rings (SSSR count). The van der Waals surface area contributed by atoms with Crippen molar-refractivity contribution in [3.05, 3.63) is 71.8 Å². The number of nitrogens with one attached hydrogen (secondary N) is 2. The Kier molecular flexibility index (Phi) is 5.88. The van der Waals surface area contributed by atoms with E-state index in [1.54, 1.807) is 0 Å². The highest BCUT2D eigenvalue weighted by Crippen LogP contribution is 2.58. The van der Waals surface area contributed by atoms with Crippen molar-refractivity contribution in [1.29, 1.82) is 0 Å². The zero-order valence-electron chi connectivity index (χ0n) is 21.2. The molecule has 2 aromatic carbocycles. The van der Waals surface area contributed by atoms with E-state index in [4.69, 9.17) is 10.5 Å². The van der Waals surface area contributed by atoms with Gasteiger partial charge in [0.1, 0.15) is 22.7 Å². The number of halogens is 1. The molecule has 7 N–H and O–H groups in total. The molecule has 0 saturated carbocycles. The first-order chi connectivity index (χ1) is 19.9. The van der Waals surface area contributed by atoms with Gasteiger partial charge in [0.25, 0.3) is 5.56 Å². The number of nitrogens with two attached hydrogens (primary N) is 1. The molecule has 3 aromatic rings. The monoisotopic (exact) mass is 652 g/mol. The van der Waals surface area contributed by atoms with Gasteiger partial charge in [-0.25, -0.2) is 0 Å². The number of hydrogen-bond donors (Lipinski definition) is 6. The van der Waals surface area contributed by atoms with E-state index < -0.39 is 79.4 Å². The zero-order valence-corrected chi connectivity index (χ0v) is 23.7. The van der Waals surface area contributed by atoms with Gasteiger partial charge in [0, 0.05) is 21.5 Å².